The first-order valence-electron chi connectivity index (χ1n) is 11.3. The molecule has 0 bridgehead atoms. The van der Waals surface area contributed by atoms with Gasteiger partial charge in [-0.05, 0) is 44.1 Å². The number of Topliss-reactive ketones (excluding diaryl/α,β-unsaturated/α-hetero) is 1. The predicted molar refractivity (Wildman–Crippen MR) is 110 cm³/mol. The smallest absolute Gasteiger partial charge is 0.273 e. The number of aromatic nitrogens is 1. The number of fused-ring (bicyclic) bond motifs is 1. The van der Waals surface area contributed by atoms with Crippen molar-refractivity contribution in [1.82, 2.24) is 9.88 Å². The van der Waals surface area contributed by atoms with Crippen LogP contribution in [-0.2, 0) is 17.8 Å². The van der Waals surface area contributed by atoms with Gasteiger partial charge in [0.25, 0.3) is 17.5 Å². The monoisotopic (exact) mass is 462 g/mol. The fourth-order valence-electron chi connectivity index (χ4n) is 4.88. The third-order valence-electron chi connectivity index (χ3n) is 6.89. The molecule has 1 unspecified atom stereocenters. The molecule has 2 aliphatic carbocycles. The molecule has 31 heavy (non-hydrogen) atoms. The van der Waals surface area contributed by atoms with E-state index in [1.165, 1.54) is 11.3 Å². The van der Waals surface area contributed by atoms with Crippen molar-refractivity contribution in [1.29, 1.82) is 0 Å². The summed E-state index contributed by atoms with van der Waals surface area (Å²) in [5.41, 5.74) is 0.948. The van der Waals surface area contributed by atoms with E-state index in [1.807, 2.05) is 0 Å². The highest BCUT2D eigenvalue weighted by Crippen LogP contribution is 2.51. The SMILES string of the molecule is O=C(CC1CCC(CCN2CCc3sc(OCC(F)F)nc3C2)CC1)CC1CC1(F)F. The molecule has 0 amide bonds. The molecule has 174 valence electrons. The van der Waals surface area contributed by atoms with Crippen LogP contribution in [0.25, 0.3) is 0 Å². The van der Waals surface area contributed by atoms with Crippen LogP contribution in [0.4, 0.5) is 17.6 Å². The lowest BCUT2D eigenvalue weighted by molar-refractivity contribution is -0.121. The van der Waals surface area contributed by atoms with Crippen molar-refractivity contribution >= 4 is 17.1 Å². The molecule has 2 heterocycles. The summed E-state index contributed by atoms with van der Waals surface area (Å²) in [5, 5.41) is 0.338. The fourth-order valence-corrected chi connectivity index (χ4v) is 5.79. The zero-order chi connectivity index (χ0) is 22.0. The standard InChI is InChI=1S/C22H30F4N2O2S/c23-20(24)13-30-21-27-18-12-28(8-6-19(18)31-21)7-5-14-1-3-15(4-2-14)9-17(29)10-16-11-22(16,25)26/h14-16,20H,1-13H2. The van der Waals surface area contributed by atoms with Crippen molar-refractivity contribution in [3.8, 4) is 5.19 Å². The third kappa shape index (κ3) is 6.40. The van der Waals surface area contributed by atoms with Gasteiger partial charge in [0, 0.05) is 43.1 Å². The number of halogens is 4. The Morgan fingerprint density at radius 3 is 2.58 bits per heavy atom. The van der Waals surface area contributed by atoms with Crippen LogP contribution in [0.3, 0.4) is 0 Å². The van der Waals surface area contributed by atoms with Gasteiger partial charge in [-0.25, -0.2) is 22.5 Å². The number of hydrogen-bond donors (Lipinski definition) is 0. The lowest BCUT2D eigenvalue weighted by Crippen LogP contribution is -2.32. The minimum absolute atomic E-state index is 0.00917. The molecule has 0 spiro atoms. The van der Waals surface area contributed by atoms with Gasteiger partial charge >= 0.3 is 0 Å². The van der Waals surface area contributed by atoms with Crippen molar-refractivity contribution in [2.45, 2.75) is 76.7 Å². The number of hydrogen-bond acceptors (Lipinski definition) is 5. The molecule has 1 aromatic rings. The van der Waals surface area contributed by atoms with Gasteiger partial charge in [0.2, 0.25) is 0 Å². The predicted octanol–water partition coefficient (Wildman–Crippen LogP) is 5.35. The van der Waals surface area contributed by atoms with E-state index >= 15 is 0 Å². The van der Waals surface area contributed by atoms with Crippen LogP contribution in [0.2, 0.25) is 0 Å². The van der Waals surface area contributed by atoms with E-state index in [9.17, 15) is 22.4 Å². The molecule has 4 nitrogen and oxygen atoms in total. The summed E-state index contributed by atoms with van der Waals surface area (Å²) in [6, 6.07) is 0. The zero-order valence-electron chi connectivity index (χ0n) is 17.6. The highest BCUT2D eigenvalue weighted by Gasteiger charge is 2.57. The maximum Gasteiger partial charge on any atom is 0.273 e. The van der Waals surface area contributed by atoms with Crippen LogP contribution in [-0.4, -0.2) is 47.7 Å². The Kier molecular flexibility index (Phi) is 7.20. The van der Waals surface area contributed by atoms with Gasteiger partial charge in [0.15, 0.2) is 6.61 Å². The van der Waals surface area contributed by atoms with Crippen LogP contribution in [0.5, 0.6) is 5.19 Å². The molecule has 1 aliphatic heterocycles. The maximum absolute atomic E-state index is 13.0. The lowest BCUT2D eigenvalue weighted by atomic mass is 9.78. The fraction of sp³-hybridized carbons (Fsp3) is 0.818. The summed E-state index contributed by atoms with van der Waals surface area (Å²) in [5.74, 6) is -2.29. The van der Waals surface area contributed by atoms with Crippen molar-refractivity contribution in [3.05, 3.63) is 10.6 Å². The Morgan fingerprint density at radius 2 is 1.90 bits per heavy atom. The molecule has 4 rings (SSSR count). The Morgan fingerprint density at radius 1 is 1.19 bits per heavy atom. The van der Waals surface area contributed by atoms with E-state index in [4.69, 9.17) is 4.74 Å². The van der Waals surface area contributed by atoms with Crippen molar-refractivity contribution in [2.24, 2.45) is 17.8 Å². The van der Waals surface area contributed by atoms with Crippen molar-refractivity contribution < 1.29 is 27.1 Å². The molecule has 0 saturated heterocycles. The largest absolute Gasteiger partial charge is 0.464 e. The molecular weight excluding hydrogens is 432 g/mol. The van der Waals surface area contributed by atoms with Crippen LogP contribution in [0.15, 0.2) is 0 Å². The summed E-state index contributed by atoms with van der Waals surface area (Å²) in [4.78, 5) is 19.9. The Balaban J connectivity index is 1.13. The van der Waals surface area contributed by atoms with E-state index in [-0.39, 0.29) is 18.6 Å². The number of carbonyl (C=O) groups excluding carboxylic acids is 1. The average Bonchev–Trinajstić information content (AvgIpc) is 3.13. The highest BCUT2D eigenvalue weighted by molar-refractivity contribution is 7.13. The molecule has 0 radical (unpaired) electrons. The molecular formula is C22H30F4N2O2S. The van der Waals surface area contributed by atoms with Gasteiger partial charge in [0.1, 0.15) is 5.78 Å². The van der Waals surface area contributed by atoms with Crippen LogP contribution in [0.1, 0.15) is 61.9 Å². The molecule has 9 heteroatoms. The normalized spacial score (nSPS) is 27.8. The van der Waals surface area contributed by atoms with Crippen molar-refractivity contribution in [2.75, 3.05) is 19.7 Å². The Labute approximate surface area is 184 Å². The second-order valence-corrected chi connectivity index (χ2v) is 10.4. The Bertz CT molecular complexity index is 765. The summed E-state index contributed by atoms with van der Waals surface area (Å²) in [6.45, 7) is 2.05. The molecule has 0 aromatic carbocycles. The van der Waals surface area contributed by atoms with Gasteiger partial charge in [-0.3, -0.25) is 9.69 Å². The number of ether oxygens (including phenoxy) is 1. The van der Waals surface area contributed by atoms with E-state index < -0.39 is 24.9 Å². The van der Waals surface area contributed by atoms with E-state index in [2.05, 4.69) is 9.88 Å². The Hall–Kier alpha value is -1.22. The number of ketones is 1. The first-order chi connectivity index (χ1) is 14.8. The van der Waals surface area contributed by atoms with Gasteiger partial charge in [0.05, 0.1) is 5.69 Å². The first kappa shape index (κ1) is 23.0. The van der Waals surface area contributed by atoms with Gasteiger partial charge in [-0.15, -0.1) is 0 Å². The van der Waals surface area contributed by atoms with Gasteiger partial charge < -0.3 is 4.74 Å². The molecule has 3 aliphatic rings. The van der Waals surface area contributed by atoms with Crippen LogP contribution >= 0.6 is 11.3 Å². The van der Waals surface area contributed by atoms with Gasteiger partial charge in [-0.1, -0.05) is 24.2 Å². The number of thiazole rings is 1. The van der Waals surface area contributed by atoms with Crippen LogP contribution < -0.4 is 4.74 Å². The first-order valence-corrected chi connectivity index (χ1v) is 12.1. The average molecular weight is 463 g/mol. The number of nitrogens with zero attached hydrogens (tertiary/aromatic N) is 2. The number of rotatable bonds is 10. The zero-order valence-corrected chi connectivity index (χ0v) is 18.4. The van der Waals surface area contributed by atoms with E-state index in [0.717, 1.165) is 68.7 Å². The molecule has 1 atom stereocenters. The summed E-state index contributed by atoms with van der Waals surface area (Å²) >= 11 is 1.38. The molecule has 2 fully saturated rings. The summed E-state index contributed by atoms with van der Waals surface area (Å²) in [6.07, 6.45) is 4.10. The maximum atomic E-state index is 13.0. The molecule has 0 N–H and O–H groups in total. The van der Waals surface area contributed by atoms with Gasteiger partial charge in [-0.2, -0.15) is 0 Å². The summed E-state index contributed by atoms with van der Waals surface area (Å²) < 4.78 is 55.6. The van der Waals surface area contributed by atoms with Crippen molar-refractivity contribution in [3.63, 3.8) is 0 Å². The quantitative estimate of drug-likeness (QED) is 0.440. The molecule has 1 aromatic heterocycles. The lowest BCUT2D eigenvalue weighted by Gasteiger charge is -2.31. The van der Waals surface area contributed by atoms with E-state index in [0.29, 0.717) is 23.5 Å². The highest BCUT2D eigenvalue weighted by atomic mass is 32.1. The minimum atomic E-state index is -2.60. The third-order valence-corrected chi connectivity index (χ3v) is 7.96. The number of carbonyl (C=O) groups is 1. The molecule has 2 saturated carbocycles. The second kappa shape index (κ2) is 9.73. The second-order valence-electron chi connectivity index (χ2n) is 9.36. The summed E-state index contributed by atoms with van der Waals surface area (Å²) in [7, 11) is 0. The topological polar surface area (TPSA) is 42.4 Å². The van der Waals surface area contributed by atoms with Crippen LogP contribution in [0, 0.1) is 17.8 Å². The van der Waals surface area contributed by atoms with E-state index in [1.54, 1.807) is 0 Å². The number of alkyl halides is 4. The minimum Gasteiger partial charge on any atom is -0.464 e.